The fourth-order valence-electron chi connectivity index (χ4n) is 2.88. The lowest BCUT2D eigenvalue weighted by molar-refractivity contribution is 0.101. The van der Waals surface area contributed by atoms with E-state index in [-0.39, 0.29) is 11.7 Å². The Morgan fingerprint density at radius 3 is 2.61 bits per heavy atom. The third-order valence-electron chi connectivity index (χ3n) is 3.85. The number of aromatic amines is 2. The molecule has 0 bridgehead atoms. The van der Waals surface area contributed by atoms with E-state index in [1.54, 1.807) is 6.92 Å². The van der Waals surface area contributed by atoms with Crippen molar-refractivity contribution in [1.29, 1.82) is 0 Å². The molecule has 0 aliphatic carbocycles. The molecule has 3 rings (SSSR count). The molecule has 1 amide bonds. The number of hydrogen-bond donors (Lipinski definition) is 3. The monoisotopic (exact) mass is 310 g/mol. The number of anilines is 1. The molecule has 0 aliphatic rings. The number of nitrogens with one attached hydrogen (secondary N) is 3. The summed E-state index contributed by atoms with van der Waals surface area (Å²) in [4.78, 5) is 34.7. The van der Waals surface area contributed by atoms with Crippen molar-refractivity contribution in [1.82, 2.24) is 15.0 Å². The molecule has 0 radical (unpaired) electrons. The van der Waals surface area contributed by atoms with Crippen LogP contribution in [0.5, 0.6) is 0 Å². The van der Waals surface area contributed by atoms with Crippen molar-refractivity contribution in [2.45, 2.75) is 27.2 Å². The second-order valence-electron chi connectivity index (χ2n) is 5.44. The van der Waals surface area contributed by atoms with Gasteiger partial charge < -0.3 is 9.97 Å². The van der Waals surface area contributed by atoms with Gasteiger partial charge in [0.05, 0.1) is 11.0 Å². The molecular weight excluding hydrogens is 292 g/mol. The van der Waals surface area contributed by atoms with E-state index in [2.05, 4.69) is 20.3 Å². The van der Waals surface area contributed by atoms with E-state index in [1.807, 2.05) is 31.2 Å². The molecule has 2 heterocycles. The first-order chi connectivity index (χ1) is 11.0. The number of aryl methyl sites for hydroxylation is 1. The lowest BCUT2D eigenvalue weighted by atomic mass is 10.0. The molecule has 2 aromatic heterocycles. The quantitative estimate of drug-likeness (QED) is 0.646. The van der Waals surface area contributed by atoms with Crippen LogP contribution in [0.4, 0.5) is 5.95 Å². The summed E-state index contributed by atoms with van der Waals surface area (Å²) in [6.07, 6.45) is 0.599. The van der Waals surface area contributed by atoms with Crippen LogP contribution >= 0.6 is 0 Å². The number of fused-ring (bicyclic) bond motifs is 1. The molecule has 0 atom stereocenters. The minimum Gasteiger partial charge on any atom is -0.354 e. The van der Waals surface area contributed by atoms with Crippen LogP contribution in [0.2, 0.25) is 0 Å². The van der Waals surface area contributed by atoms with Crippen LogP contribution in [-0.2, 0) is 6.42 Å². The number of Topliss-reactive ketones (excluding diaryl/α,β-unsaturated/α-hetero) is 1. The maximum absolute atomic E-state index is 12.5. The largest absolute Gasteiger partial charge is 0.354 e. The number of carbonyl (C=O) groups is 2. The van der Waals surface area contributed by atoms with Gasteiger partial charge in [-0.15, -0.1) is 0 Å². The fraction of sp³-hybridized carbons (Fsp3) is 0.235. The molecule has 0 spiro atoms. The summed E-state index contributed by atoms with van der Waals surface area (Å²) in [5, 5.41) is 2.75. The molecule has 0 aliphatic heterocycles. The van der Waals surface area contributed by atoms with E-state index >= 15 is 0 Å². The van der Waals surface area contributed by atoms with E-state index in [9.17, 15) is 9.59 Å². The van der Waals surface area contributed by atoms with Gasteiger partial charge in [0.15, 0.2) is 5.78 Å². The van der Waals surface area contributed by atoms with Gasteiger partial charge in [0, 0.05) is 11.3 Å². The van der Waals surface area contributed by atoms with Crippen LogP contribution in [-0.4, -0.2) is 26.6 Å². The highest BCUT2D eigenvalue weighted by Crippen LogP contribution is 2.21. The summed E-state index contributed by atoms with van der Waals surface area (Å²) in [5.74, 6) is 0.0322. The second kappa shape index (κ2) is 5.72. The minimum atomic E-state index is -0.309. The Morgan fingerprint density at radius 2 is 1.96 bits per heavy atom. The van der Waals surface area contributed by atoms with Crippen LogP contribution in [0.1, 0.15) is 46.0 Å². The molecule has 118 valence electrons. The van der Waals surface area contributed by atoms with Crippen LogP contribution in [0, 0.1) is 6.92 Å². The van der Waals surface area contributed by atoms with Crippen LogP contribution < -0.4 is 5.32 Å². The Bertz CT molecular complexity index is 872. The first-order valence-electron chi connectivity index (χ1n) is 7.49. The Balaban J connectivity index is 1.94. The molecule has 6 nitrogen and oxygen atoms in total. The number of imidazole rings is 1. The van der Waals surface area contributed by atoms with Gasteiger partial charge in [-0.05, 0) is 38.0 Å². The van der Waals surface area contributed by atoms with E-state index in [4.69, 9.17) is 0 Å². The van der Waals surface area contributed by atoms with E-state index in [0.717, 1.165) is 16.6 Å². The smallest absolute Gasteiger partial charge is 0.274 e. The average molecular weight is 310 g/mol. The SMILES string of the molecule is CCc1c(C(=O)Nc2nc3ccccc3[nH]2)[nH]c(C)c1C(C)=O. The zero-order chi connectivity index (χ0) is 16.6. The van der Waals surface area contributed by atoms with Gasteiger partial charge in [-0.25, -0.2) is 4.98 Å². The summed E-state index contributed by atoms with van der Waals surface area (Å²) in [6, 6.07) is 7.54. The molecule has 0 saturated heterocycles. The first kappa shape index (κ1) is 15.0. The van der Waals surface area contributed by atoms with Gasteiger partial charge >= 0.3 is 0 Å². The molecule has 0 fully saturated rings. The number of aromatic nitrogens is 3. The normalized spacial score (nSPS) is 10.9. The van der Waals surface area contributed by atoms with Gasteiger partial charge in [0.1, 0.15) is 5.69 Å². The van der Waals surface area contributed by atoms with Crippen molar-refractivity contribution in [3.63, 3.8) is 0 Å². The van der Waals surface area contributed by atoms with E-state index in [1.165, 1.54) is 6.92 Å². The Hall–Kier alpha value is -2.89. The molecule has 6 heteroatoms. The number of nitrogens with zero attached hydrogens (tertiary/aromatic N) is 1. The maximum atomic E-state index is 12.5. The van der Waals surface area contributed by atoms with Crippen LogP contribution in [0.3, 0.4) is 0 Å². The summed E-state index contributed by atoms with van der Waals surface area (Å²) in [6.45, 7) is 5.23. The number of para-hydroxylation sites is 2. The summed E-state index contributed by atoms with van der Waals surface area (Å²) >= 11 is 0. The van der Waals surface area contributed by atoms with Crippen molar-refractivity contribution in [3.8, 4) is 0 Å². The predicted octanol–water partition coefficient (Wildman–Crippen LogP) is 3.22. The highest BCUT2D eigenvalue weighted by atomic mass is 16.2. The third-order valence-corrected chi connectivity index (χ3v) is 3.85. The third kappa shape index (κ3) is 2.63. The predicted molar refractivity (Wildman–Crippen MR) is 89.0 cm³/mol. The van der Waals surface area contributed by atoms with Gasteiger partial charge in [0.25, 0.3) is 5.91 Å². The van der Waals surface area contributed by atoms with Crippen molar-refractivity contribution in [2.24, 2.45) is 0 Å². The first-order valence-corrected chi connectivity index (χ1v) is 7.49. The maximum Gasteiger partial charge on any atom is 0.274 e. The molecule has 0 unspecified atom stereocenters. The van der Waals surface area contributed by atoms with Crippen molar-refractivity contribution in [3.05, 3.63) is 46.8 Å². The molecular formula is C17H18N4O2. The number of amides is 1. The second-order valence-corrected chi connectivity index (χ2v) is 5.44. The number of H-pyrrole nitrogens is 2. The topological polar surface area (TPSA) is 90.6 Å². The number of hydrogen-bond acceptors (Lipinski definition) is 3. The van der Waals surface area contributed by atoms with Gasteiger partial charge in [0.2, 0.25) is 5.95 Å². The van der Waals surface area contributed by atoms with Crippen LogP contribution in [0.25, 0.3) is 11.0 Å². The van der Waals surface area contributed by atoms with Gasteiger partial charge in [-0.3, -0.25) is 14.9 Å². The van der Waals surface area contributed by atoms with E-state index < -0.39 is 0 Å². The Labute approximate surface area is 133 Å². The molecule has 23 heavy (non-hydrogen) atoms. The zero-order valence-electron chi connectivity index (χ0n) is 13.3. The lowest BCUT2D eigenvalue weighted by Crippen LogP contribution is -2.15. The molecule has 3 N–H and O–H groups in total. The molecule has 1 aromatic carbocycles. The summed E-state index contributed by atoms with van der Waals surface area (Å²) in [7, 11) is 0. The summed E-state index contributed by atoms with van der Waals surface area (Å²) < 4.78 is 0. The Kier molecular flexibility index (Phi) is 3.73. The summed E-state index contributed by atoms with van der Waals surface area (Å²) in [5.41, 5.74) is 4.10. The molecule has 3 aromatic rings. The number of ketones is 1. The lowest BCUT2D eigenvalue weighted by Gasteiger charge is -2.03. The van der Waals surface area contributed by atoms with Crippen LogP contribution in [0.15, 0.2) is 24.3 Å². The van der Waals surface area contributed by atoms with Crippen molar-refractivity contribution >= 4 is 28.7 Å². The highest BCUT2D eigenvalue weighted by molar-refractivity contribution is 6.07. The van der Waals surface area contributed by atoms with Gasteiger partial charge in [-0.1, -0.05) is 19.1 Å². The van der Waals surface area contributed by atoms with Crippen molar-refractivity contribution < 1.29 is 9.59 Å². The van der Waals surface area contributed by atoms with Crippen molar-refractivity contribution in [2.75, 3.05) is 5.32 Å². The standard InChI is InChI=1S/C17H18N4O2/c1-4-11-14(10(3)22)9(2)18-15(11)16(23)21-17-19-12-7-5-6-8-13(12)20-17/h5-8,18H,4H2,1-3H3,(H2,19,20,21,23). The number of benzene rings is 1. The number of rotatable bonds is 4. The zero-order valence-corrected chi connectivity index (χ0v) is 13.3. The highest BCUT2D eigenvalue weighted by Gasteiger charge is 2.22. The van der Waals surface area contributed by atoms with E-state index in [0.29, 0.717) is 29.3 Å². The Morgan fingerprint density at radius 1 is 1.22 bits per heavy atom. The van der Waals surface area contributed by atoms with Gasteiger partial charge in [-0.2, -0.15) is 0 Å². The molecule has 0 saturated carbocycles. The fourth-order valence-corrected chi connectivity index (χ4v) is 2.88. The minimum absolute atomic E-state index is 0.0432. The number of carbonyl (C=O) groups excluding carboxylic acids is 2. The average Bonchev–Trinajstić information content (AvgIpc) is 3.06.